The van der Waals surface area contributed by atoms with Crippen molar-refractivity contribution in [2.24, 2.45) is 0 Å². The van der Waals surface area contributed by atoms with E-state index in [-0.39, 0.29) is 12.6 Å². The normalized spacial score (nSPS) is 18.3. The lowest BCUT2D eigenvalue weighted by molar-refractivity contribution is 0.139. The summed E-state index contributed by atoms with van der Waals surface area (Å²) in [5, 5.41) is 12.7. The maximum Gasteiger partial charge on any atom is 0.124 e. The summed E-state index contributed by atoms with van der Waals surface area (Å²) >= 11 is 3.47. The molecule has 1 fully saturated rings. The minimum atomic E-state index is 0.188. The summed E-state index contributed by atoms with van der Waals surface area (Å²) in [6, 6.07) is 6.33. The van der Waals surface area contributed by atoms with Gasteiger partial charge in [-0.15, -0.1) is 0 Å². The molecule has 1 heterocycles. The van der Waals surface area contributed by atoms with Crippen molar-refractivity contribution in [3.63, 3.8) is 0 Å². The molecule has 19 heavy (non-hydrogen) atoms. The van der Waals surface area contributed by atoms with Gasteiger partial charge in [0.05, 0.1) is 7.11 Å². The SMILES string of the molecule is COc1cc(Br)ccc1[C@H](CCO)N1CCNCC1. The van der Waals surface area contributed by atoms with Gasteiger partial charge in [0.25, 0.3) is 0 Å². The Morgan fingerprint density at radius 3 is 2.79 bits per heavy atom. The largest absolute Gasteiger partial charge is 0.496 e. The molecule has 0 aromatic heterocycles. The van der Waals surface area contributed by atoms with E-state index in [2.05, 4.69) is 32.2 Å². The van der Waals surface area contributed by atoms with Gasteiger partial charge in [0.15, 0.2) is 0 Å². The van der Waals surface area contributed by atoms with Gasteiger partial charge in [-0.25, -0.2) is 0 Å². The van der Waals surface area contributed by atoms with Gasteiger partial charge >= 0.3 is 0 Å². The third-order valence-corrected chi connectivity index (χ3v) is 4.04. The number of halogens is 1. The molecule has 1 aliphatic heterocycles. The summed E-state index contributed by atoms with van der Waals surface area (Å²) in [5.74, 6) is 0.881. The second-order valence-corrected chi connectivity index (χ2v) is 5.62. The maximum atomic E-state index is 9.35. The van der Waals surface area contributed by atoms with Gasteiger partial charge in [0, 0.05) is 48.9 Å². The Hall–Kier alpha value is -0.620. The molecule has 0 radical (unpaired) electrons. The first-order chi connectivity index (χ1) is 9.26. The molecule has 0 aliphatic carbocycles. The van der Waals surface area contributed by atoms with E-state index in [1.165, 1.54) is 0 Å². The van der Waals surface area contributed by atoms with Crippen LogP contribution in [0.2, 0.25) is 0 Å². The minimum absolute atomic E-state index is 0.188. The highest BCUT2D eigenvalue weighted by molar-refractivity contribution is 9.10. The second kappa shape index (κ2) is 7.24. The van der Waals surface area contributed by atoms with Crippen LogP contribution in [0.25, 0.3) is 0 Å². The molecule has 1 saturated heterocycles. The van der Waals surface area contributed by atoms with Crippen LogP contribution >= 0.6 is 15.9 Å². The number of aliphatic hydroxyl groups is 1. The van der Waals surface area contributed by atoms with Crippen LogP contribution in [0.3, 0.4) is 0 Å². The number of hydrogen-bond donors (Lipinski definition) is 2. The lowest BCUT2D eigenvalue weighted by atomic mass is 10.0. The molecule has 0 amide bonds. The molecule has 1 aliphatic rings. The molecule has 2 rings (SSSR count). The number of aliphatic hydroxyl groups excluding tert-OH is 1. The van der Waals surface area contributed by atoms with Crippen LogP contribution < -0.4 is 10.1 Å². The zero-order chi connectivity index (χ0) is 13.7. The van der Waals surface area contributed by atoms with E-state index in [1.807, 2.05) is 12.1 Å². The van der Waals surface area contributed by atoms with E-state index in [1.54, 1.807) is 7.11 Å². The Kier molecular flexibility index (Phi) is 5.63. The molecule has 2 N–H and O–H groups in total. The van der Waals surface area contributed by atoms with Crippen LogP contribution in [-0.4, -0.2) is 49.9 Å². The first-order valence-corrected chi connectivity index (χ1v) is 7.44. The van der Waals surface area contributed by atoms with Crippen molar-refractivity contribution in [2.45, 2.75) is 12.5 Å². The van der Waals surface area contributed by atoms with Crippen molar-refractivity contribution in [1.82, 2.24) is 10.2 Å². The van der Waals surface area contributed by atoms with Gasteiger partial charge < -0.3 is 15.2 Å². The fourth-order valence-corrected chi connectivity index (χ4v) is 2.95. The average Bonchev–Trinajstić information content (AvgIpc) is 2.46. The summed E-state index contributed by atoms with van der Waals surface area (Å²) in [6.07, 6.45) is 0.734. The van der Waals surface area contributed by atoms with Crippen molar-refractivity contribution < 1.29 is 9.84 Å². The van der Waals surface area contributed by atoms with Crippen molar-refractivity contribution >= 4 is 15.9 Å². The summed E-state index contributed by atoms with van der Waals surface area (Å²) < 4.78 is 6.50. The quantitative estimate of drug-likeness (QED) is 0.865. The first kappa shape index (κ1) is 14.8. The molecule has 0 bridgehead atoms. The highest BCUT2D eigenvalue weighted by atomic mass is 79.9. The molecule has 0 spiro atoms. The van der Waals surface area contributed by atoms with Crippen molar-refractivity contribution in [1.29, 1.82) is 0 Å². The van der Waals surface area contributed by atoms with Crippen LogP contribution in [0.15, 0.2) is 22.7 Å². The maximum absolute atomic E-state index is 9.35. The monoisotopic (exact) mass is 328 g/mol. The highest BCUT2D eigenvalue weighted by Gasteiger charge is 2.24. The lowest BCUT2D eigenvalue weighted by Gasteiger charge is -2.35. The van der Waals surface area contributed by atoms with Crippen LogP contribution in [0.1, 0.15) is 18.0 Å². The van der Waals surface area contributed by atoms with Gasteiger partial charge in [-0.2, -0.15) is 0 Å². The number of piperazine rings is 1. The number of benzene rings is 1. The molecule has 0 unspecified atom stereocenters. The number of nitrogens with one attached hydrogen (secondary N) is 1. The molecule has 1 aromatic carbocycles. The third-order valence-electron chi connectivity index (χ3n) is 3.55. The topological polar surface area (TPSA) is 44.7 Å². The highest BCUT2D eigenvalue weighted by Crippen LogP contribution is 2.33. The Balaban J connectivity index is 2.26. The summed E-state index contributed by atoms with van der Waals surface area (Å²) in [6.45, 7) is 4.20. The predicted molar refractivity (Wildman–Crippen MR) is 79.6 cm³/mol. The Bertz CT molecular complexity index is 408. The van der Waals surface area contributed by atoms with Gasteiger partial charge in [-0.1, -0.05) is 22.0 Å². The predicted octanol–water partition coefficient (Wildman–Crippen LogP) is 1.79. The van der Waals surface area contributed by atoms with Crippen LogP contribution in [0.5, 0.6) is 5.75 Å². The van der Waals surface area contributed by atoms with E-state index >= 15 is 0 Å². The van der Waals surface area contributed by atoms with E-state index in [4.69, 9.17) is 4.74 Å². The standard InChI is InChI=1S/C14H21BrN2O2/c1-19-14-10-11(15)2-3-12(14)13(4-9-18)17-7-5-16-6-8-17/h2-3,10,13,16,18H,4-9H2,1H3/t13-/m0/s1. The Morgan fingerprint density at radius 1 is 1.42 bits per heavy atom. The van der Waals surface area contributed by atoms with Gasteiger partial charge in [0.2, 0.25) is 0 Å². The van der Waals surface area contributed by atoms with Crippen LogP contribution in [0, 0.1) is 0 Å². The molecule has 4 nitrogen and oxygen atoms in total. The zero-order valence-electron chi connectivity index (χ0n) is 11.2. The van der Waals surface area contributed by atoms with Gasteiger partial charge in [0.1, 0.15) is 5.75 Å². The Labute approximate surface area is 122 Å². The summed E-state index contributed by atoms with van der Waals surface area (Å²) in [5.41, 5.74) is 1.15. The van der Waals surface area contributed by atoms with Crippen molar-refractivity contribution in [2.75, 3.05) is 39.9 Å². The number of ether oxygens (including phenoxy) is 1. The minimum Gasteiger partial charge on any atom is -0.496 e. The van der Waals surface area contributed by atoms with Crippen molar-refractivity contribution in [3.8, 4) is 5.75 Å². The molecule has 1 atom stereocenters. The molecule has 0 saturated carbocycles. The molecular formula is C14H21BrN2O2. The third kappa shape index (κ3) is 3.69. The fraction of sp³-hybridized carbons (Fsp3) is 0.571. The smallest absolute Gasteiger partial charge is 0.124 e. The van der Waals surface area contributed by atoms with E-state index in [9.17, 15) is 5.11 Å². The number of nitrogens with zero attached hydrogens (tertiary/aromatic N) is 1. The second-order valence-electron chi connectivity index (χ2n) is 4.70. The van der Waals surface area contributed by atoms with Crippen LogP contribution in [0.4, 0.5) is 0 Å². The summed E-state index contributed by atoms with van der Waals surface area (Å²) in [7, 11) is 1.69. The molecule has 5 heteroatoms. The Morgan fingerprint density at radius 2 is 2.16 bits per heavy atom. The number of rotatable bonds is 5. The average molecular weight is 329 g/mol. The van der Waals surface area contributed by atoms with Crippen LogP contribution in [-0.2, 0) is 0 Å². The first-order valence-electron chi connectivity index (χ1n) is 6.65. The fourth-order valence-electron chi connectivity index (χ4n) is 2.61. The van der Waals surface area contributed by atoms with Gasteiger partial charge in [-0.3, -0.25) is 4.90 Å². The van der Waals surface area contributed by atoms with Crippen molar-refractivity contribution in [3.05, 3.63) is 28.2 Å². The molecule has 1 aromatic rings. The number of hydrogen-bond acceptors (Lipinski definition) is 4. The van der Waals surface area contributed by atoms with Gasteiger partial charge in [-0.05, 0) is 18.6 Å². The molecule has 106 valence electrons. The summed E-state index contributed by atoms with van der Waals surface area (Å²) in [4.78, 5) is 2.42. The zero-order valence-corrected chi connectivity index (χ0v) is 12.8. The van der Waals surface area contributed by atoms with E-state index in [0.29, 0.717) is 0 Å². The number of methoxy groups -OCH3 is 1. The van der Waals surface area contributed by atoms with E-state index in [0.717, 1.165) is 48.4 Å². The van der Waals surface area contributed by atoms with E-state index < -0.39 is 0 Å². The lowest BCUT2D eigenvalue weighted by Crippen LogP contribution is -2.45. The molecular weight excluding hydrogens is 308 g/mol.